The smallest absolute Gasteiger partial charge is 0.177 e. The molecule has 5 nitrogen and oxygen atoms in total. The summed E-state index contributed by atoms with van der Waals surface area (Å²) in [4.78, 5) is 0. The van der Waals surface area contributed by atoms with Gasteiger partial charge in [0, 0.05) is 12.0 Å². The normalized spacial score (nSPS) is 54.6. The zero-order chi connectivity index (χ0) is 20.1. The number of allylic oxidation sites excluding steroid dienone is 1. The van der Waals surface area contributed by atoms with Gasteiger partial charge in [0.05, 0.1) is 17.8 Å². The molecule has 4 fully saturated rings. The van der Waals surface area contributed by atoms with Crippen LogP contribution in [-0.2, 0) is 14.2 Å². The van der Waals surface area contributed by atoms with Crippen molar-refractivity contribution in [2.45, 2.75) is 95.6 Å². The number of rotatable bonds is 1. The van der Waals surface area contributed by atoms with Crippen LogP contribution < -0.4 is 5.11 Å². The molecule has 0 aromatic rings. The number of hydrogen-bond donors (Lipinski definition) is 1. The third-order valence-corrected chi connectivity index (χ3v) is 9.10. The van der Waals surface area contributed by atoms with Crippen LogP contribution in [0.2, 0.25) is 0 Å². The Morgan fingerprint density at radius 1 is 1.21 bits per heavy atom. The molecule has 5 rings (SSSR count). The zero-order valence-electron chi connectivity index (χ0n) is 17.5. The second-order valence-corrected chi connectivity index (χ2v) is 10.6. The quantitative estimate of drug-likeness (QED) is 0.698. The van der Waals surface area contributed by atoms with E-state index in [2.05, 4.69) is 34.3 Å². The molecule has 3 aliphatic carbocycles. The van der Waals surface area contributed by atoms with Crippen molar-refractivity contribution in [1.82, 2.24) is 0 Å². The molecule has 0 aromatic carbocycles. The minimum Gasteiger partial charge on any atom is -0.846 e. The molecule has 1 N–H and O–H groups in total. The zero-order valence-corrected chi connectivity index (χ0v) is 17.5. The SMILES string of the molecule is C=C[C@@H]1O[C@@H]2C3=C(C)CC[C@@](O)(CC4[C@]5([O-])CO[C@@H]5CC[C@@]4(C)[C@@H]2O1)C3(C)C. The van der Waals surface area contributed by atoms with Crippen LogP contribution in [0.3, 0.4) is 0 Å². The standard InChI is InChI=1S/C23H33O5/c1-6-16-27-18-17-13(2)7-10-22(24,20(17,3)4)11-14-21(5,19(18)28-16)9-8-15-23(14,25)12-26-15/h6,14-16,18-19,24H,1,7-12H2,2-5H3/q-1/t14?,15-,16-,18-,19-,21-,22-,23-/m1/s1. The molecule has 2 heterocycles. The average Bonchev–Trinajstić information content (AvgIpc) is 3.04. The Hall–Kier alpha value is -0.720. The van der Waals surface area contributed by atoms with E-state index in [0.29, 0.717) is 12.8 Å². The van der Waals surface area contributed by atoms with Gasteiger partial charge in [-0.1, -0.05) is 38.5 Å². The van der Waals surface area contributed by atoms with E-state index in [1.54, 1.807) is 6.08 Å². The molecule has 1 unspecified atom stereocenters. The van der Waals surface area contributed by atoms with E-state index < -0.39 is 22.9 Å². The predicted octanol–water partition coefficient (Wildman–Crippen LogP) is 2.47. The van der Waals surface area contributed by atoms with Crippen LogP contribution in [-0.4, -0.2) is 47.5 Å². The first kappa shape index (κ1) is 19.3. The Kier molecular flexibility index (Phi) is 3.92. The van der Waals surface area contributed by atoms with Crippen molar-refractivity contribution >= 4 is 0 Å². The summed E-state index contributed by atoms with van der Waals surface area (Å²) >= 11 is 0. The van der Waals surface area contributed by atoms with E-state index in [1.165, 1.54) is 11.1 Å². The number of aliphatic hydroxyl groups is 1. The highest BCUT2D eigenvalue weighted by Gasteiger charge is 2.67. The largest absolute Gasteiger partial charge is 0.846 e. The lowest BCUT2D eigenvalue weighted by Crippen LogP contribution is -2.78. The van der Waals surface area contributed by atoms with Crippen molar-refractivity contribution in [3.05, 3.63) is 23.8 Å². The summed E-state index contributed by atoms with van der Waals surface area (Å²) in [5.41, 5.74) is -0.458. The highest BCUT2D eigenvalue weighted by atomic mass is 16.7. The monoisotopic (exact) mass is 389 g/mol. The first-order chi connectivity index (χ1) is 13.1. The molecule has 0 aromatic heterocycles. The Morgan fingerprint density at radius 2 is 1.96 bits per heavy atom. The van der Waals surface area contributed by atoms with Gasteiger partial charge in [-0.15, -0.1) is 0 Å². The number of fused-ring (bicyclic) bond motifs is 8. The summed E-state index contributed by atoms with van der Waals surface area (Å²) in [5, 5.41) is 25.9. The maximum Gasteiger partial charge on any atom is 0.177 e. The molecule has 8 atom stereocenters. The fourth-order valence-electron chi connectivity index (χ4n) is 7.15. The molecule has 156 valence electrons. The molecule has 2 bridgehead atoms. The van der Waals surface area contributed by atoms with Gasteiger partial charge in [0.15, 0.2) is 6.29 Å². The Morgan fingerprint density at radius 3 is 2.61 bits per heavy atom. The maximum absolute atomic E-state index is 13.9. The van der Waals surface area contributed by atoms with E-state index >= 15 is 0 Å². The molecule has 2 saturated heterocycles. The van der Waals surface area contributed by atoms with Crippen molar-refractivity contribution in [2.24, 2.45) is 16.7 Å². The fraction of sp³-hybridized carbons (Fsp3) is 0.826. The van der Waals surface area contributed by atoms with Gasteiger partial charge in [-0.2, -0.15) is 0 Å². The third-order valence-electron chi connectivity index (χ3n) is 9.10. The van der Waals surface area contributed by atoms with Crippen LogP contribution in [0.1, 0.15) is 59.8 Å². The summed E-state index contributed by atoms with van der Waals surface area (Å²) in [6, 6.07) is 0. The lowest BCUT2D eigenvalue weighted by Gasteiger charge is -2.71. The Labute approximate surface area is 167 Å². The van der Waals surface area contributed by atoms with Gasteiger partial charge in [0.1, 0.15) is 6.10 Å². The van der Waals surface area contributed by atoms with Crippen molar-refractivity contribution in [1.29, 1.82) is 0 Å². The molecule has 0 amide bonds. The second kappa shape index (κ2) is 5.70. The second-order valence-electron chi connectivity index (χ2n) is 10.6. The maximum atomic E-state index is 13.9. The summed E-state index contributed by atoms with van der Waals surface area (Å²) in [5.74, 6) is -0.212. The minimum atomic E-state index is -1.15. The van der Waals surface area contributed by atoms with Crippen LogP contribution >= 0.6 is 0 Å². The van der Waals surface area contributed by atoms with Gasteiger partial charge >= 0.3 is 0 Å². The fourth-order valence-corrected chi connectivity index (χ4v) is 7.15. The lowest BCUT2D eigenvalue weighted by molar-refractivity contribution is -0.573. The topological polar surface area (TPSA) is 71.0 Å². The summed E-state index contributed by atoms with van der Waals surface area (Å²) in [6.45, 7) is 12.7. The molecule has 0 radical (unpaired) electrons. The predicted molar refractivity (Wildman–Crippen MR) is 102 cm³/mol. The van der Waals surface area contributed by atoms with E-state index in [-0.39, 0.29) is 36.3 Å². The lowest BCUT2D eigenvalue weighted by atomic mass is 9.46. The van der Waals surface area contributed by atoms with Crippen LogP contribution in [0.4, 0.5) is 0 Å². The van der Waals surface area contributed by atoms with Gasteiger partial charge in [-0.25, -0.2) is 0 Å². The average molecular weight is 390 g/mol. The van der Waals surface area contributed by atoms with Crippen LogP contribution in [0, 0.1) is 16.7 Å². The molecule has 5 heteroatoms. The van der Waals surface area contributed by atoms with E-state index in [4.69, 9.17) is 14.2 Å². The number of hydrogen-bond acceptors (Lipinski definition) is 5. The molecule has 2 aliphatic heterocycles. The highest BCUT2D eigenvalue weighted by Crippen LogP contribution is 2.64. The van der Waals surface area contributed by atoms with Crippen LogP contribution in [0.15, 0.2) is 23.8 Å². The number of ether oxygens (including phenoxy) is 3. The van der Waals surface area contributed by atoms with Crippen molar-refractivity contribution in [2.75, 3.05) is 6.61 Å². The van der Waals surface area contributed by atoms with Gasteiger partial charge in [-0.05, 0) is 62.0 Å². The van der Waals surface area contributed by atoms with Gasteiger partial charge < -0.3 is 24.4 Å². The molecule has 28 heavy (non-hydrogen) atoms. The van der Waals surface area contributed by atoms with Gasteiger partial charge in [0.25, 0.3) is 0 Å². The summed E-state index contributed by atoms with van der Waals surface area (Å²) in [6.07, 6.45) is 4.14. The van der Waals surface area contributed by atoms with Crippen molar-refractivity contribution in [3.63, 3.8) is 0 Å². The van der Waals surface area contributed by atoms with Gasteiger partial charge in [-0.3, -0.25) is 0 Å². The van der Waals surface area contributed by atoms with Gasteiger partial charge in [0.2, 0.25) is 0 Å². The minimum absolute atomic E-state index is 0.209. The summed E-state index contributed by atoms with van der Waals surface area (Å²) < 4.78 is 18.4. The molecule has 2 saturated carbocycles. The van der Waals surface area contributed by atoms with Crippen molar-refractivity contribution in [3.8, 4) is 0 Å². The molecular formula is C23H33O5-. The molecule has 5 aliphatic rings. The van der Waals surface area contributed by atoms with Crippen LogP contribution in [0.25, 0.3) is 0 Å². The Bertz CT molecular complexity index is 743. The molecule has 0 spiro atoms. The van der Waals surface area contributed by atoms with E-state index in [1.807, 2.05) is 0 Å². The first-order valence-electron chi connectivity index (χ1n) is 10.7. The summed E-state index contributed by atoms with van der Waals surface area (Å²) in [7, 11) is 0. The van der Waals surface area contributed by atoms with Crippen LogP contribution in [0.5, 0.6) is 0 Å². The Balaban J connectivity index is 1.71. The van der Waals surface area contributed by atoms with E-state index in [0.717, 1.165) is 19.3 Å². The molecular weight excluding hydrogens is 356 g/mol. The van der Waals surface area contributed by atoms with Crippen molar-refractivity contribution < 1.29 is 24.4 Å². The highest BCUT2D eigenvalue weighted by molar-refractivity contribution is 5.36. The van der Waals surface area contributed by atoms with E-state index in [9.17, 15) is 10.2 Å². The third kappa shape index (κ3) is 2.15. The first-order valence-corrected chi connectivity index (χ1v) is 10.7.